The SMILES string of the molecule is Cc1sc(NC(=O)COc2ccc(F)c(Cl)c2)c(C(N)=O)c1-c1ccccc1. The first kappa shape index (κ1) is 19.9. The van der Waals surface area contributed by atoms with Crippen molar-refractivity contribution < 1.29 is 18.7 Å². The molecular weight excluding hydrogens is 403 g/mol. The number of thiophene rings is 1. The molecule has 0 bridgehead atoms. The van der Waals surface area contributed by atoms with Gasteiger partial charge in [-0.2, -0.15) is 0 Å². The minimum absolute atomic E-state index is 0.102. The first-order chi connectivity index (χ1) is 13.4. The number of aryl methyl sites for hydroxylation is 1. The number of carbonyl (C=O) groups is 2. The third-order valence-corrected chi connectivity index (χ3v) is 5.22. The lowest BCUT2D eigenvalue weighted by Crippen LogP contribution is -2.22. The van der Waals surface area contributed by atoms with Crippen molar-refractivity contribution in [3.63, 3.8) is 0 Å². The van der Waals surface area contributed by atoms with Crippen LogP contribution in [0, 0.1) is 12.7 Å². The van der Waals surface area contributed by atoms with Gasteiger partial charge in [0.2, 0.25) is 0 Å². The van der Waals surface area contributed by atoms with Crippen LogP contribution in [0.2, 0.25) is 5.02 Å². The third kappa shape index (κ3) is 4.32. The Morgan fingerprint density at radius 2 is 1.93 bits per heavy atom. The van der Waals surface area contributed by atoms with Crippen molar-refractivity contribution in [2.75, 3.05) is 11.9 Å². The fourth-order valence-corrected chi connectivity index (χ4v) is 3.97. The standard InChI is InChI=1S/C20H16ClFN2O3S/c1-11-17(12-5-3-2-4-6-12)18(19(23)26)20(28-11)24-16(25)10-27-13-7-8-15(22)14(21)9-13/h2-9H,10H2,1H3,(H2,23,26)(H,24,25). The molecule has 0 aliphatic heterocycles. The molecule has 1 aromatic heterocycles. The lowest BCUT2D eigenvalue weighted by molar-refractivity contribution is -0.118. The summed E-state index contributed by atoms with van der Waals surface area (Å²) < 4.78 is 18.5. The second kappa shape index (κ2) is 8.41. The summed E-state index contributed by atoms with van der Waals surface area (Å²) in [6.07, 6.45) is 0. The Balaban J connectivity index is 1.79. The van der Waals surface area contributed by atoms with Gasteiger partial charge in [0, 0.05) is 16.5 Å². The second-order valence-electron chi connectivity index (χ2n) is 5.88. The maximum atomic E-state index is 13.2. The van der Waals surface area contributed by atoms with E-state index in [1.807, 2.05) is 37.3 Å². The molecule has 144 valence electrons. The van der Waals surface area contributed by atoms with Crippen molar-refractivity contribution in [3.8, 4) is 16.9 Å². The minimum Gasteiger partial charge on any atom is -0.484 e. The van der Waals surface area contributed by atoms with Crippen LogP contribution in [-0.2, 0) is 4.79 Å². The number of carbonyl (C=O) groups excluding carboxylic acids is 2. The smallest absolute Gasteiger partial charge is 0.262 e. The second-order valence-corrected chi connectivity index (χ2v) is 7.51. The van der Waals surface area contributed by atoms with Gasteiger partial charge >= 0.3 is 0 Å². The minimum atomic E-state index is -0.635. The Morgan fingerprint density at radius 3 is 2.57 bits per heavy atom. The van der Waals surface area contributed by atoms with Gasteiger partial charge in [-0.15, -0.1) is 11.3 Å². The summed E-state index contributed by atoms with van der Waals surface area (Å²) in [5, 5.41) is 2.92. The topological polar surface area (TPSA) is 81.4 Å². The summed E-state index contributed by atoms with van der Waals surface area (Å²) in [7, 11) is 0. The molecule has 0 radical (unpaired) electrons. The summed E-state index contributed by atoms with van der Waals surface area (Å²) in [6, 6.07) is 13.1. The average molecular weight is 419 g/mol. The number of hydrogen-bond acceptors (Lipinski definition) is 4. The molecule has 8 heteroatoms. The fourth-order valence-electron chi connectivity index (χ4n) is 2.70. The Morgan fingerprint density at radius 1 is 1.21 bits per heavy atom. The molecule has 0 atom stereocenters. The van der Waals surface area contributed by atoms with E-state index in [0.717, 1.165) is 16.5 Å². The fraction of sp³-hybridized carbons (Fsp3) is 0.100. The van der Waals surface area contributed by atoms with E-state index in [4.69, 9.17) is 22.1 Å². The molecule has 5 nitrogen and oxygen atoms in total. The number of nitrogens with two attached hydrogens (primary N) is 1. The van der Waals surface area contributed by atoms with Crippen LogP contribution in [0.4, 0.5) is 9.39 Å². The summed E-state index contributed by atoms with van der Waals surface area (Å²) >= 11 is 6.95. The first-order valence-electron chi connectivity index (χ1n) is 8.23. The van der Waals surface area contributed by atoms with Gasteiger partial charge in [-0.25, -0.2) is 4.39 Å². The maximum Gasteiger partial charge on any atom is 0.262 e. The molecule has 0 unspecified atom stereocenters. The van der Waals surface area contributed by atoms with Gasteiger partial charge in [0.15, 0.2) is 6.61 Å². The van der Waals surface area contributed by atoms with Gasteiger partial charge in [-0.05, 0) is 24.6 Å². The molecule has 1 heterocycles. The third-order valence-electron chi connectivity index (χ3n) is 3.91. The van der Waals surface area contributed by atoms with Crippen LogP contribution >= 0.6 is 22.9 Å². The number of ether oxygens (including phenoxy) is 1. The zero-order valence-corrected chi connectivity index (χ0v) is 16.4. The highest BCUT2D eigenvalue weighted by Gasteiger charge is 2.22. The highest BCUT2D eigenvalue weighted by atomic mass is 35.5. The van der Waals surface area contributed by atoms with E-state index >= 15 is 0 Å². The molecule has 3 N–H and O–H groups in total. The molecule has 0 spiro atoms. The van der Waals surface area contributed by atoms with Crippen LogP contribution < -0.4 is 15.8 Å². The van der Waals surface area contributed by atoms with Gasteiger partial charge in [-0.3, -0.25) is 9.59 Å². The molecule has 0 aliphatic carbocycles. The van der Waals surface area contributed by atoms with Crippen molar-refractivity contribution in [2.45, 2.75) is 6.92 Å². The molecule has 0 saturated carbocycles. The number of rotatable bonds is 6. The predicted molar refractivity (Wildman–Crippen MR) is 109 cm³/mol. The maximum absolute atomic E-state index is 13.2. The molecule has 3 rings (SSSR count). The van der Waals surface area contributed by atoms with Gasteiger partial charge in [0.1, 0.15) is 16.6 Å². The highest BCUT2D eigenvalue weighted by molar-refractivity contribution is 7.17. The Kier molecular flexibility index (Phi) is 5.96. The Hall–Kier alpha value is -2.90. The van der Waals surface area contributed by atoms with Crippen molar-refractivity contribution in [2.24, 2.45) is 5.73 Å². The van der Waals surface area contributed by atoms with Gasteiger partial charge in [0.05, 0.1) is 10.6 Å². The molecule has 2 amide bonds. The van der Waals surface area contributed by atoms with E-state index in [-0.39, 0.29) is 22.9 Å². The van der Waals surface area contributed by atoms with E-state index in [9.17, 15) is 14.0 Å². The number of benzene rings is 2. The number of nitrogens with one attached hydrogen (secondary N) is 1. The number of halogens is 2. The molecule has 0 saturated heterocycles. The molecular formula is C20H16ClFN2O3S. The van der Waals surface area contributed by atoms with Crippen LogP contribution in [-0.4, -0.2) is 18.4 Å². The number of hydrogen-bond donors (Lipinski definition) is 2. The first-order valence-corrected chi connectivity index (χ1v) is 9.42. The molecule has 3 aromatic rings. The van der Waals surface area contributed by atoms with Gasteiger partial charge in [-0.1, -0.05) is 41.9 Å². The predicted octanol–water partition coefficient (Wildman–Crippen LogP) is 4.63. The Labute approximate surface area is 169 Å². The molecule has 0 aliphatic rings. The van der Waals surface area contributed by atoms with E-state index in [1.54, 1.807) is 0 Å². The van der Waals surface area contributed by atoms with Crippen molar-refractivity contribution in [1.29, 1.82) is 0 Å². The summed E-state index contributed by atoms with van der Waals surface area (Å²) in [4.78, 5) is 25.2. The van der Waals surface area contributed by atoms with Gasteiger partial charge in [0.25, 0.3) is 11.8 Å². The average Bonchev–Trinajstić information content (AvgIpc) is 2.99. The van der Waals surface area contributed by atoms with E-state index in [1.165, 1.54) is 23.5 Å². The number of primary amides is 1. The molecule has 2 aromatic carbocycles. The summed E-state index contributed by atoms with van der Waals surface area (Å²) in [5.74, 6) is -1.44. The van der Waals surface area contributed by atoms with E-state index in [0.29, 0.717) is 10.6 Å². The van der Waals surface area contributed by atoms with Crippen LogP contribution in [0.25, 0.3) is 11.1 Å². The Bertz CT molecular complexity index is 1040. The number of anilines is 1. The normalized spacial score (nSPS) is 10.5. The van der Waals surface area contributed by atoms with E-state index in [2.05, 4.69) is 5.32 Å². The molecule has 28 heavy (non-hydrogen) atoms. The quantitative estimate of drug-likeness (QED) is 0.612. The summed E-state index contributed by atoms with van der Waals surface area (Å²) in [5.41, 5.74) is 7.36. The van der Waals surface area contributed by atoms with Crippen LogP contribution in [0.15, 0.2) is 48.5 Å². The van der Waals surface area contributed by atoms with Gasteiger partial charge < -0.3 is 15.8 Å². The highest BCUT2D eigenvalue weighted by Crippen LogP contribution is 2.39. The van der Waals surface area contributed by atoms with Crippen molar-refractivity contribution in [3.05, 3.63) is 69.8 Å². The van der Waals surface area contributed by atoms with Crippen LogP contribution in [0.5, 0.6) is 5.75 Å². The largest absolute Gasteiger partial charge is 0.484 e. The van der Waals surface area contributed by atoms with Crippen molar-refractivity contribution in [1.82, 2.24) is 0 Å². The lowest BCUT2D eigenvalue weighted by atomic mass is 10.0. The molecule has 0 fully saturated rings. The van der Waals surface area contributed by atoms with Crippen LogP contribution in [0.1, 0.15) is 15.2 Å². The lowest BCUT2D eigenvalue weighted by Gasteiger charge is -2.09. The van der Waals surface area contributed by atoms with Crippen LogP contribution in [0.3, 0.4) is 0 Å². The van der Waals surface area contributed by atoms with E-state index < -0.39 is 17.6 Å². The zero-order valence-electron chi connectivity index (χ0n) is 14.8. The summed E-state index contributed by atoms with van der Waals surface area (Å²) in [6.45, 7) is 1.52. The monoisotopic (exact) mass is 418 g/mol. The number of amides is 2. The van der Waals surface area contributed by atoms with Crippen molar-refractivity contribution >= 4 is 39.8 Å². The zero-order chi connectivity index (χ0) is 20.3.